The maximum Gasteiger partial charge on any atom is 0.321 e. The van der Waals surface area contributed by atoms with Gasteiger partial charge in [0.25, 0.3) is 0 Å². The van der Waals surface area contributed by atoms with Gasteiger partial charge in [-0.15, -0.1) is 0 Å². The average Bonchev–Trinajstić information content (AvgIpc) is 3.21. The normalized spacial score (nSPS) is 14.4. The minimum Gasteiger partial charge on any atom is -0.491 e. The van der Waals surface area contributed by atoms with E-state index in [1.54, 1.807) is 11.9 Å². The molecule has 1 aliphatic heterocycles. The first-order chi connectivity index (χ1) is 15.6. The Hall–Kier alpha value is -3.03. The van der Waals surface area contributed by atoms with Crippen LogP contribution in [0.4, 0.5) is 10.5 Å². The highest BCUT2D eigenvalue weighted by Gasteiger charge is 2.12. The molecular weight excluding hydrogens is 404 g/mol. The molecule has 0 radical (unpaired) electrons. The van der Waals surface area contributed by atoms with Crippen molar-refractivity contribution < 1.29 is 14.3 Å². The number of nitrogens with one attached hydrogen (secondary N) is 1. The third-order valence-corrected chi connectivity index (χ3v) is 5.91. The number of fused-ring (bicyclic) bond motifs is 1. The number of urea groups is 1. The Morgan fingerprint density at radius 2 is 1.94 bits per heavy atom. The van der Waals surface area contributed by atoms with Crippen LogP contribution in [-0.4, -0.2) is 73.4 Å². The predicted octanol–water partition coefficient (Wildman–Crippen LogP) is 3.82. The summed E-state index contributed by atoms with van der Waals surface area (Å²) in [6.07, 6.45) is 2.12. The molecule has 1 aromatic heterocycles. The van der Waals surface area contributed by atoms with Crippen molar-refractivity contribution in [2.24, 2.45) is 0 Å². The van der Waals surface area contributed by atoms with Gasteiger partial charge in [-0.2, -0.15) is 0 Å². The van der Waals surface area contributed by atoms with E-state index in [-0.39, 0.29) is 6.03 Å². The highest BCUT2D eigenvalue weighted by molar-refractivity contribution is 5.92. The van der Waals surface area contributed by atoms with Gasteiger partial charge in [0.2, 0.25) is 0 Å². The smallest absolute Gasteiger partial charge is 0.321 e. The quantitative estimate of drug-likeness (QED) is 0.583. The molecule has 0 aliphatic carbocycles. The molecule has 1 fully saturated rings. The average molecular weight is 437 g/mol. The molecule has 2 aromatic carbocycles. The van der Waals surface area contributed by atoms with Gasteiger partial charge in [0, 0.05) is 56.0 Å². The highest BCUT2D eigenvalue weighted by Crippen LogP contribution is 2.21. The number of nitrogens with zero attached hydrogens (tertiary/aromatic N) is 3. The van der Waals surface area contributed by atoms with Crippen LogP contribution in [0.3, 0.4) is 0 Å². The molecule has 2 amide bonds. The van der Waals surface area contributed by atoms with E-state index in [2.05, 4.69) is 33.1 Å². The SMILES string of the molecule is Cc1ccccc1OCCN(C)C(=O)Nc1ccc2c(ccn2CCN2CCOCC2)c1. The number of likely N-dealkylation sites (N-methyl/N-ethyl adjacent to an activating group) is 1. The van der Waals surface area contributed by atoms with E-state index in [0.717, 1.165) is 61.8 Å². The van der Waals surface area contributed by atoms with Gasteiger partial charge < -0.3 is 24.3 Å². The molecule has 0 bridgehead atoms. The van der Waals surface area contributed by atoms with E-state index in [1.165, 1.54) is 5.52 Å². The maximum atomic E-state index is 12.6. The lowest BCUT2D eigenvalue weighted by atomic mass is 10.2. The summed E-state index contributed by atoms with van der Waals surface area (Å²) in [6, 6.07) is 15.9. The first-order valence-electron chi connectivity index (χ1n) is 11.2. The Balaban J connectivity index is 1.28. The Morgan fingerprint density at radius 3 is 2.75 bits per heavy atom. The zero-order valence-electron chi connectivity index (χ0n) is 18.9. The molecule has 0 atom stereocenters. The van der Waals surface area contributed by atoms with Crippen molar-refractivity contribution in [3.63, 3.8) is 0 Å². The largest absolute Gasteiger partial charge is 0.491 e. The predicted molar refractivity (Wildman–Crippen MR) is 128 cm³/mol. The molecule has 7 nitrogen and oxygen atoms in total. The van der Waals surface area contributed by atoms with Crippen molar-refractivity contribution in [1.29, 1.82) is 0 Å². The van der Waals surface area contributed by atoms with E-state index < -0.39 is 0 Å². The monoisotopic (exact) mass is 436 g/mol. The first-order valence-corrected chi connectivity index (χ1v) is 11.2. The number of para-hydroxylation sites is 1. The van der Waals surface area contributed by atoms with Gasteiger partial charge in [-0.05, 0) is 42.8 Å². The summed E-state index contributed by atoms with van der Waals surface area (Å²) in [6.45, 7) is 8.56. The summed E-state index contributed by atoms with van der Waals surface area (Å²) in [7, 11) is 1.77. The van der Waals surface area contributed by atoms with E-state index in [1.807, 2.05) is 43.3 Å². The van der Waals surface area contributed by atoms with Crippen molar-refractivity contribution in [2.75, 3.05) is 58.4 Å². The number of rotatable bonds is 8. The van der Waals surface area contributed by atoms with E-state index in [4.69, 9.17) is 9.47 Å². The fourth-order valence-electron chi connectivity index (χ4n) is 3.88. The lowest BCUT2D eigenvalue weighted by Crippen LogP contribution is -2.38. The van der Waals surface area contributed by atoms with Crippen molar-refractivity contribution in [3.05, 3.63) is 60.3 Å². The van der Waals surface area contributed by atoms with Crippen molar-refractivity contribution in [2.45, 2.75) is 13.5 Å². The summed E-state index contributed by atoms with van der Waals surface area (Å²) < 4.78 is 13.5. The second-order valence-electron chi connectivity index (χ2n) is 8.20. The molecule has 1 saturated heterocycles. The molecule has 4 rings (SSSR count). The molecule has 170 valence electrons. The van der Waals surface area contributed by atoms with Crippen LogP contribution >= 0.6 is 0 Å². The minimum atomic E-state index is -0.149. The van der Waals surface area contributed by atoms with Crippen LogP contribution in [0.5, 0.6) is 5.75 Å². The lowest BCUT2D eigenvalue weighted by molar-refractivity contribution is 0.0365. The van der Waals surface area contributed by atoms with Gasteiger partial charge in [-0.3, -0.25) is 4.90 Å². The number of hydrogen-bond acceptors (Lipinski definition) is 4. The summed E-state index contributed by atoms with van der Waals surface area (Å²) in [5.41, 5.74) is 3.06. The summed E-state index contributed by atoms with van der Waals surface area (Å²) in [5.74, 6) is 0.852. The van der Waals surface area contributed by atoms with Gasteiger partial charge in [-0.1, -0.05) is 18.2 Å². The van der Waals surface area contributed by atoms with E-state index >= 15 is 0 Å². The van der Waals surface area contributed by atoms with Gasteiger partial charge in [0.05, 0.1) is 19.8 Å². The first kappa shape index (κ1) is 22.2. The van der Waals surface area contributed by atoms with Crippen molar-refractivity contribution in [1.82, 2.24) is 14.4 Å². The number of aromatic nitrogens is 1. The molecule has 0 unspecified atom stereocenters. The van der Waals surface area contributed by atoms with Gasteiger partial charge in [0.1, 0.15) is 12.4 Å². The van der Waals surface area contributed by atoms with Crippen LogP contribution in [0.2, 0.25) is 0 Å². The van der Waals surface area contributed by atoms with Crippen LogP contribution < -0.4 is 10.1 Å². The number of hydrogen-bond donors (Lipinski definition) is 1. The Kier molecular flexibility index (Phi) is 7.29. The molecule has 0 spiro atoms. The third-order valence-electron chi connectivity index (χ3n) is 5.91. The number of carbonyl (C=O) groups is 1. The number of benzene rings is 2. The van der Waals surface area contributed by atoms with Gasteiger partial charge in [-0.25, -0.2) is 4.79 Å². The van der Waals surface area contributed by atoms with Crippen LogP contribution in [-0.2, 0) is 11.3 Å². The number of amides is 2. The van der Waals surface area contributed by atoms with Crippen molar-refractivity contribution >= 4 is 22.6 Å². The molecule has 32 heavy (non-hydrogen) atoms. The van der Waals surface area contributed by atoms with Crippen LogP contribution in [0.1, 0.15) is 5.56 Å². The summed E-state index contributed by atoms with van der Waals surface area (Å²) in [5, 5.41) is 4.11. The zero-order valence-corrected chi connectivity index (χ0v) is 18.9. The zero-order chi connectivity index (χ0) is 22.3. The van der Waals surface area contributed by atoms with Crippen LogP contribution in [0.15, 0.2) is 54.7 Å². The Bertz CT molecular complexity index is 1040. The Labute approximate surface area is 189 Å². The fourth-order valence-corrected chi connectivity index (χ4v) is 3.88. The second kappa shape index (κ2) is 10.5. The molecule has 3 aromatic rings. The van der Waals surface area contributed by atoms with Crippen molar-refractivity contribution in [3.8, 4) is 5.75 Å². The molecule has 1 aliphatic rings. The third kappa shape index (κ3) is 5.60. The number of carbonyl (C=O) groups excluding carboxylic acids is 1. The topological polar surface area (TPSA) is 59.0 Å². The van der Waals surface area contributed by atoms with Crippen LogP contribution in [0, 0.1) is 6.92 Å². The van der Waals surface area contributed by atoms with Gasteiger partial charge in [0.15, 0.2) is 0 Å². The lowest BCUT2D eigenvalue weighted by Gasteiger charge is -2.26. The van der Waals surface area contributed by atoms with E-state index in [0.29, 0.717) is 13.2 Å². The standard InChI is InChI=1S/C25H32N4O3/c1-20-5-3-4-6-24(20)32-18-13-27(2)25(30)26-22-7-8-23-21(19-22)9-10-29(23)12-11-28-14-16-31-17-15-28/h3-10,19H,11-18H2,1-2H3,(H,26,30). The van der Waals surface area contributed by atoms with Crippen LogP contribution in [0.25, 0.3) is 10.9 Å². The molecule has 1 N–H and O–H groups in total. The summed E-state index contributed by atoms with van der Waals surface area (Å²) >= 11 is 0. The molecule has 0 saturated carbocycles. The number of ether oxygens (including phenoxy) is 2. The number of anilines is 1. The number of aryl methyl sites for hydroxylation is 1. The van der Waals surface area contributed by atoms with E-state index in [9.17, 15) is 4.79 Å². The molecular formula is C25H32N4O3. The fraction of sp³-hybridized carbons (Fsp3) is 0.400. The summed E-state index contributed by atoms with van der Waals surface area (Å²) in [4.78, 5) is 16.6. The highest BCUT2D eigenvalue weighted by atomic mass is 16.5. The minimum absolute atomic E-state index is 0.149. The molecule has 7 heteroatoms. The maximum absolute atomic E-state index is 12.6. The molecule has 2 heterocycles. The second-order valence-corrected chi connectivity index (χ2v) is 8.20. The van der Waals surface area contributed by atoms with Gasteiger partial charge >= 0.3 is 6.03 Å². The Morgan fingerprint density at radius 1 is 1.12 bits per heavy atom. The number of morpholine rings is 1.